The van der Waals surface area contributed by atoms with Gasteiger partial charge in [-0.25, -0.2) is 4.42 Å². The first-order valence-corrected chi connectivity index (χ1v) is 12.8. The maximum atomic E-state index is 12.7. The Morgan fingerprint density at radius 3 is 2.23 bits per heavy atom. The molecule has 5 rings (SSSR count). The Labute approximate surface area is 242 Å². The van der Waals surface area contributed by atoms with Crippen LogP contribution in [0.1, 0.15) is 5.56 Å². The predicted molar refractivity (Wildman–Crippen MR) is 148 cm³/mol. The second-order valence-electron chi connectivity index (χ2n) is 9.85. The van der Waals surface area contributed by atoms with Crippen LogP contribution < -0.4 is 4.74 Å². The van der Waals surface area contributed by atoms with Crippen LogP contribution in [-0.2, 0) is 9.53 Å². The van der Waals surface area contributed by atoms with E-state index in [4.69, 9.17) is 13.9 Å². The van der Waals surface area contributed by atoms with Crippen molar-refractivity contribution in [2.45, 2.75) is 36.8 Å². The maximum Gasteiger partial charge on any atom is 0.402 e. The zero-order chi connectivity index (χ0) is 31.0. The van der Waals surface area contributed by atoms with Gasteiger partial charge in [0, 0.05) is 18.2 Å². The van der Waals surface area contributed by atoms with Gasteiger partial charge in [-0.3, -0.25) is 4.79 Å². The fraction of sp³-hybridized carbons (Fsp3) is 0.200. The van der Waals surface area contributed by atoms with Gasteiger partial charge in [-0.1, -0.05) is 18.2 Å². The lowest BCUT2D eigenvalue weighted by atomic mass is 9.93. The summed E-state index contributed by atoms with van der Waals surface area (Å²) in [5.74, 6) is -2.98. The molecule has 1 aliphatic heterocycles. The zero-order valence-corrected chi connectivity index (χ0v) is 22.1. The number of benzene rings is 3. The lowest BCUT2D eigenvalue weighted by Gasteiger charge is -2.41. The number of carbonyl (C=O) groups is 1. The van der Waals surface area contributed by atoms with Crippen molar-refractivity contribution in [3.8, 4) is 45.8 Å². The quantitative estimate of drug-likeness (QED) is 0.0843. The first-order valence-electron chi connectivity index (χ1n) is 12.8. The lowest BCUT2D eigenvalue weighted by molar-refractivity contribution is -0.285. The van der Waals surface area contributed by atoms with E-state index >= 15 is 0 Å². The Hall–Kier alpha value is -4.92. The molecular weight excluding hydrogens is 568 g/mol. The molecule has 224 valence electrons. The van der Waals surface area contributed by atoms with Crippen LogP contribution in [-0.4, -0.2) is 88.6 Å². The van der Waals surface area contributed by atoms with Crippen LogP contribution in [0, 0.1) is 0 Å². The van der Waals surface area contributed by atoms with E-state index in [0.717, 1.165) is 24.3 Å². The number of aliphatic hydroxyl groups is 4. The highest BCUT2D eigenvalue weighted by Gasteiger charge is 2.49. The summed E-state index contributed by atoms with van der Waals surface area (Å²) in [5.41, 5.74) is 0.629. The number of phenolic OH excluding ortho intramolecular Hbond substituents is 5. The Kier molecular flexibility index (Phi) is 8.08. The van der Waals surface area contributed by atoms with Gasteiger partial charge >= 0.3 is 11.3 Å². The maximum absolute atomic E-state index is 12.7. The smallest absolute Gasteiger partial charge is 0.402 e. The molecule has 13 heteroatoms. The molecule has 9 N–H and O–H groups in total. The largest absolute Gasteiger partial charge is 0.508 e. The summed E-state index contributed by atoms with van der Waals surface area (Å²) in [6, 6.07) is 12.9. The van der Waals surface area contributed by atoms with Crippen LogP contribution in [0.3, 0.4) is 0 Å². The van der Waals surface area contributed by atoms with E-state index in [9.17, 15) is 50.8 Å². The Bertz CT molecular complexity index is 1680. The fourth-order valence-corrected chi connectivity index (χ4v) is 4.52. The van der Waals surface area contributed by atoms with E-state index in [1.54, 1.807) is 0 Å². The van der Waals surface area contributed by atoms with Crippen molar-refractivity contribution in [2.75, 3.05) is 0 Å². The number of rotatable bonds is 7. The molecule has 43 heavy (non-hydrogen) atoms. The number of aliphatic hydroxyl groups excluding tert-OH is 4. The molecule has 13 nitrogen and oxygen atoms in total. The average Bonchev–Trinajstić information content (AvgIpc) is 2.98. The number of carbonyl (C=O) groups excluding carboxylic acids is 1. The molecular formula is C30H27O13+. The molecule has 0 spiro atoms. The highest BCUT2D eigenvalue weighted by Crippen LogP contribution is 2.42. The zero-order valence-electron chi connectivity index (χ0n) is 22.1. The van der Waals surface area contributed by atoms with Gasteiger partial charge in [0.2, 0.25) is 12.0 Å². The summed E-state index contributed by atoms with van der Waals surface area (Å²) in [4.78, 5) is 12.7. The number of aromatic hydroxyl groups is 5. The number of hydrogen-bond donors (Lipinski definition) is 9. The number of ether oxygens (including phenoxy) is 2. The number of hydrogen-bond acceptors (Lipinski definition) is 12. The van der Waals surface area contributed by atoms with Crippen molar-refractivity contribution < 1.29 is 64.6 Å². The summed E-state index contributed by atoms with van der Waals surface area (Å²) >= 11 is 0. The summed E-state index contributed by atoms with van der Waals surface area (Å²) in [6.07, 6.45) is -9.03. The van der Waals surface area contributed by atoms with Gasteiger partial charge in [-0.15, -0.1) is 0 Å². The number of fused-ring (bicyclic) bond motifs is 1. The highest BCUT2D eigenvalue weighted by atomic mass is 16.7. The van der Waals surface area contributed by atoms with E-state index in [1.807, 2.05) is 0 Å². The lowest BCUT2D eigenvalue weighted by Crippen LogP contribution is -2.63. The molecule has 6 atom stereocenters. The monoisotopic (exact) mass is 595 g/mol. The molecule has 1 aromatic heterocycles. The third-order valence-electron chi connectivity index (χ3n) is 6.84. The van der Waals surface area contributed by atoms with Gasteiger partial charge in [-0.05, 0) is 35.9 Å². The summed E-state index contributed by atoms with van der Waals surface area (Å²) < 4.78 is 17.2. The van der Waals surface area contributed by atoms with Crippen LogP contribution in [0.15, 0.2) is 71.2 Å². The molecule has 1 fully saturated rings. The molecule has 4 aromatic rings. The standard InChI is InChI=1S/C30H26O13/c31-15-5-1-13(2-6-15)3-7-19(34)24(37)29-26(39)25(38)27(40)30(43-29)42-23-12-17-20(35)10-16(32)11-22(17)41-28(23)14-4-8-18(33)21(36)9-14/h1-12,24-27,29-30,37-40H,(H4-,31,32,33,34,35,36)/p+1/t24?,25-,26-,27+,29+,30+/m0/s1. The first-order chi connectivity index (χ1) is 20.4. The van der Waals surface area contributed by atoms with Crippen LogP contribution >= 0.6 is 0 Å². The van der Waals surface area contributed by atoms with E-state index < -0.39 is 59.8 Å². The van der Waals surface area contributed by atoms with Crippen LogP contribution in [0.5, 0.6) is 34.5 Å². The van der Waals surface area contributed by atoms with E-state index in [1.165, 1.54) is 48.5 Å². The molecule has 1 aliphatic rings. The molecule has 3 aromatic carbocycles. The van der Waals surface area contributed by atoms with Gasteiger partial charge in [0.1, 0.15) is 53.2 Å². The topological polar surface area (TPSA) is 229 Å². The van der Waals surface area contributed by atoms with Gasteiger partial charge in [0.25, 0.3) is 0 Å². The van der Waals surface area contributed by atoms with Crippen LogP contribution in [0.25, 0.3) is 28.4 Å². The van der Waals surface area contributed by atoms with Crippen LogP contribution in [0.2, 0.25) is 0 Å². The van der Waals surface area contributed by atoms with Gasteiger partial charge in [0.05, 0.1) is 11.6 Å². The molecule has 2 heterocycles. The molecule has 0 aliphatic carbocycles. The van der Waals surface area contributed by atoms with Crippen molar-refractivity contribution in [3.63, 3.8) is 0 Å². The van der Waals surface area contributed by atoms with Crippen LogP contribution in [0.4, 0.5) is 0 Å². The molecule has 1 unspecified atom stereocenters. The summed E-state index contributed by atoms with van der Waals surface area (Å²) in [5, 5.41) is 92.0. The van der Waals surface area contributed by atoms with E-state index in [2.05, 4.69) is 0 Å². The minimum Gasteiger partial charge on any atom is -0.508 e. The minimum absolute atomic E-state index is 0.0127. The molecule has 1 saturated heterocycles. The normalized spacial score (nSPS) is 22.9. The van der Waals surface area contributed by atoms with Crippen molar-refractivity contribution in [2.24, 2.45) is 0 Å². The van der Waals surface area contributed by atoms with E-state index in [-0.39, 0.29) is 39.5 Å². The third-order valence-corrected chi connectivity index (χ3v) is 6.84. The first kappa shape index (κ1) is 29.6. The number of ketones is 1. The minimum atomic E-state index is -2.02. The van der Waals surface area contributed by atoms with Crippen molar-refractivity contribution >= 4 is 22.8 Å². The Morgan fingerprint density at radius 2 is 1.53 bits per heavy atom. The molecule has 0 radical (unpaired) electrons. The summed E-state index contributed by atoms with van der Waals surface area (Å²) in [6.45, 7) is 0. The average molecular weight is 596 g/mol. The fourth-order valence-electron chi connectivity index (χ4n) is 4.52. The third kappa shape index (κ3) is 6.02. The van der Waals surface area contributed by atoms with Gasteiger partial charge < -0.3 is 55.4 Å². The second kappa shape index (κ2) is 11.8. The predicted octanol–water partition coefficient (Wildman–Crippen LogP) is 1.74. The van der Waals surface area contributed by atoms with E-state index in [0.29, 0.717) is 5.56 Å². The van der Waals surface area contributed by atoms with Crippen molar-refractivity contribution in [1.29, 1.82) is 0 Å². The molecule has 0 saturated carbocycles. The van der Waals surface area contributed by atoms with Gasteiger partial charge in [0.15, 0.2) is 17.3 Å². The molecule has 0 amide bonds. The SMILES string of the molecule is O=C(/C=C/c1ccc(O)cc1)C(O)[C@H]1O[C@@H](Oc2cc3c(O)cc(O)cc3[o+]c2-c2ccc(O)c(O)c2)[C@H](O)[C@@H](O)[C@@H]1O. The second-order valence-corrected chi connectivity index (χ2v) is 9.85. The molecule has 0 bridgehead atoms. The van der Waals surface area contributed by atoms with Gasteiger partial charge in [-0.2, -0.15) is 0 Å². The Morgan fingerprint density at radius 1 is 0.814 bits per heavy atom. The highest BCUT2D eigenvalue weighted by molar-refractivity contribution is 5.97. The van der Waals surface area contributed by atoms with Crippen molar-refractivity contribution in [3.05, 3.63) is 72.3 Å². The van der Waals surface area contributed by atoms with Crippen molar-refractivity contribution in [1.82, 2.24) is 0 Å². The summed E-state index contributed by atoms with van der Waals surface area (Å²) in [7, 11) is 0. The number of phenols is 5. The Balaban J connectivity index is 1.47.